The zero-order valence-corrected chi connectivity index (χ0v) is 38.1. The first-order valence-electron chi connectivity index (χ1n) is 22.7. The third-order valence-corrected chi connectivity index (χ3v) is 15.8. The molecule has 6 aromatic carbocycles. The Bertz CT molecular complexity index is 3080. The molecule has 0 spiro atoms. The Kier molecular flexibility index (Phi) is 7.03. The molecule has 0 bridgehead atoms. The molecule has 1 unspecified atom stereocenters. The molecule has 0 saturated carbocycles. The number of rotatable bonds is 1. The molecule has 0 amide bonds. The van der Waals surface area contributed by atoms with Crippen molar-refractivity contribution in [3.8, 4) is 11.1 Å². The van der Waals surface area contributed by atoms with Crippen LogP contribution in [0.25, 0.3) is 22.1 Å². The smallest absolute Gasteiger partial charge is 0.297 e. The lowest BCUT2D eigenvalue weighted by Gasteiger charge is -2.51. The van der Waals surface area contributed by atoms with Crippen LogP contribution in [-0.2, 0) is 27.1 Å². The van der Waals surface area contributed by atoms with Crippen LogP contribution >= 0.6 is 0 Å². The monoisotopic (exact) mass is 796 g/mol. The molecule has 3 nitrogen and oxygen atoms in total. The van der Waals surface area contributed by atoms with Gasteiger partial charge < -0.3 is 14.2 Å². The summed E-state index contributed by atoms with van der Waals surface area (Å²) in [5.74, 6) is 0. The van der Waals surface area contributed by atoms with E-state index < -0.39 is 0 Å². The summed E-state index contributed by atoms with van der Waals surface area (Å²) in [4.78, 5) is 5.33. The van der Waals surface area contributed by atoms with Crippen LogP contribution in [0.2, 0.25) is 0 Å². The maximum absolute atomic E-state index is 7.39. The predicted molar refractivity (Wildman–Crippen MR) is 259 cm³/mol. The van der Waals surface area contributed by atoms with E-state index >= 15 is 0 Å². The summed E-state index contributed by atoms with van der Waals surface area (Å²) in [5.41, 5.74) is 25.9. The largest absolute Gasteiger partial charge is 0.468 e. The van der Waals surface area contributed by atoms with Crippen molar-refractivity contribution in [3.63, 3.8) is 0 Å². The molecule has 0 N–H and O–H groups in total. The molecule has 61 heavy (non-hydrogen) atoms. The van der Waals surface area contributed by atoms with E-state index in [1.54, 1.807) is 0 Å². The van der Waals surface area contributed by atoms with E-state index in [4.69, 9.17) is 4.42 Å². The van der Waals surface area contributed by atoms with E-state index in [0.717, 1.165) is 23.0 Å². The average Bonchev–Trinajstić information content (AvgIpc) is 3.72. The SMILES string of the molecule is Cc1cc2c3c4c1C1(C)c5ccccc5-c5cccc(c51)N4c1cc4c(cc1B3c1oc3ccccc3c1N2c1cc(C(C)(C)C)cc(C(C)(C)C)c1)C(C)(C)CCC4(C)C. The summed E-state index contributed by atoms with van der Waals surface area (Å²) >= 11 is 0. The van der Waals surface area contributed by atoms with Crippen molar-refractivity contribution in [1.82, 2.24) is 0 Å². The minimum absolute atomic E-state index is 0.0447. The lowest BCUT2D eigenvalue weighted by molar-refractivity contribution is 0.332. The molecule has 0 saturated heterocycles. The number of furan rings is 1. The second-order valence-electron chi connectivity index (χ2n) is 22.6. The van der Waals surface area contributed by atoms with Crippen LogP contribution in [0.4, 0.5) is 34.1 Å². The maximum Gasteiger partial charge on any atom is 0.297 e. The highest BCUT2D eigenvalue weighted by molar-refractivity contribution is 7.00. The van der Waals surface area contributed by atoms with Crippen molar-refractivity contribution >= 4 is 68.4 Å². The van der Waals surface area contributed by atoms with Crippen LogP contribution in [0.1, 0.15) is 134 Å². The van der Waals surface area contributed by atoms with E-state index in [2.05, 4.69) is 196 Å². The normalized spacial score (nSPS) is 19.6. The molecule has 0 fully saturated rings. The first kappa shape index (κ1) is 37.3. The average molecular weight is 797 g/mol. The van der Waals surface area contributed by atoms with Crippen molar-refractivity contribution in [1.29, 1.82) is 0 Å². The Hall–Kier alpha value is -5.48. The Labute approximate surface area is 362 Å². The van der Waals surface area contributed by atoms with E-state index in [9.17, 15) is 0 Å². The van der Waals surface area contributed by atoms with Crippen LogP contribution in [0.3, 0.4) is 0 Å². The summed E-state index contributed by atoms with van der Waals surface area (Å²) in [7, 11) is 0. The van der Waals surface area contributed by atoms with E-state index in [1.165, 1.54) is 107 Å². The molecule has 1 aromatic heterocycles. The maximum atomic E-state index is 7.39. The van der Waals surface area contributed by atoms with Gasteiger partial charge in [-0.05, 0) is 157 Å². The van der Waals surface area contributed by atoms with E-state index in [0.29, 0.717) is 0 Å². The number of nitrogens with zero attached hydrogens (tertiary/aromatic N) is 2. The predicted octanol–water partition coefficient (Wildman–Crippen LogP) is 13.4. The van der Waals surface area contributed by atoms with Crippen LogP contribution < -0.4 is 26.4 Å². The topological polar surface area (TPSA) is 19.6 Å². The van der Waals surface area contributed by atoms with Gasteiger partial charge >= 0.3 is 0 Å². The fourth-order valence-electron chi connectivity index (χ4n) is 12.5. The van der Waals surface area contributed by atoms with Gasteiger partial charge in [-0.2, -0.15) is 0 Å². The van der Waals surface area contributed by atoms with Crippen molar-refractivity contribution < 1.29 is 4.42 Å². The Morgan fingerprint density at radius 1 is 0.574 bits per heavy atom. The number of hydrogen-bond donors (Lipinski definition) is 0. The second kappa shape index (κ2) is 11.5. The highest BCUT2D eigenvalue weighted by Crippen LogP contribution is 2.64. The summed E-state index contributed by atoms with van der Waals surface area (Å²) in [6.45, 7) is 28.8. The van der Waals surface area contributed by atoms with Crippen molar-refractivity contribution in [2.75, 3.05) is 9.80 Å². The first-order valence-corrected chi connectivity index (χ1v) is 22.7. The van der Waals surface area contributed by atoms with Gasteiger partial charge in [0.05, 0.1) is 17.0 Å². The Balaban J connectivity index is 1.28. The number of fused-ring (bicyclic) bond motifs is 13. The van der Waals surface area contributed by atoms with Gasteiger partial charge in [-0.1, -0.05) is 130 Å². The number of para-hydroxylation sites is 1. The molecule has 0 radical (unpaired) electrons. The van der Waals surface area contributed by atoms with Gasteiger partial charge in [0.1, 0.15) is 5.58 Å². The lowest BCUT2D eigenvalue weighted by Crippen LogP contribution is -2.62. The fraction of sp³-hybridized carbons (Fsp3) is 0.333. The number of anilines is 6. The van der Waals surface area contributed by atoms with Crippen LogP contribution in [0, 0.1) is 6.92 Å². The van der Waals surface area contributed by atoms with E-state index in [1.807, 2.05) is 0 Å². The summed E-state index contributed by atoms with van der Waals surface area (Å²) < 4.78 is 7.39. The van der Waals surface area contributed by atoms with Crippen LogP contribution in [-0.4, -0.2) is 6.71 Å². The molecule has 4 heteroatoms. The summed E-state index contributed by atoms with van der Waals surface area (Å²) in [5, 5.41) is 1.16. The fourth-order valence-corrected chi connectivity index (χ4v) is 12.5. The molecule has 304 valence electrons. The van der Waals surface area contributed by atoms with Crippen molar-refractivity contribution in [2.24, 2.45) is 0 Å². The number of benzene rings is 6. The third kappa shape index (κ3) is 4.67. The van der Waals surface area contributed by atoms with Gasteiger partial charge in [0, 0.05) is 33.6 Å². The zero-order valence-electron chi connectivity index (χ0n) is 38.1. The lowest BCUT2D eigenvalue weighted by atomic mass is 9.34. The van der Waals surface area contributed by atoms with Crippen molar-refractivity contribution in [3.05, 3.63) is 148 Å². The Morgan fingerprint density at radius 3 is 1.92 bits per heavy atom. The Morgan fingerprint density at radius 2 is 1.21 bits per heavy atom. The van der Waals surface area contributed by atoms with Crippen LogP contribution in [0.5, 0.6) is 0 Å². The highest BCUT2D eigenvalue weighted by Gasteiger charge is 2.56. The van der Waals surface area contributed by atoms with E-state index in [-0.39, 0.29) is 33.8 Å². The molecule has 12 rings (SSSR count). The molecule has 5 aliphatic rings. The molecule has 2 aliphatic carbocycles. The number of hydrogen-bond acceptors (Lipinski definition) is 3. The first-order chi connectivity index (χ1) is 28.8. The summed E-state index contributed by atoms with van der Waals surface area (Å²) in [6, 6.07) is 40.2. The minimum atomic E-state index is -0.338. The van der Waals surface area contributed by atoms with Crippen LogP contribution in [0.15, 0.2) is 108 Å². The third-order valence-electron chi connectivity index (χ3n) is 15.8. The van der Waals surface area contributed by atoms with Gasteiger partial charge in [-0.3, -0.25) is 0 Å². The van der Waals surface area contributed by atoms with Gasteiger partial charge in [0.2, 0.25) is 0 Å². The quantitative estimate of drug-likeness (QED) is 0.154. The van der Waals surface area contributed by atoms with Gasteiger partial charge in [0.25, 0.3) is 6.71 Å². The molecule has 4 heterocycles. The molecule has 3 aliphatic heterocycles. The molecule has 1 atom stereocenters. The van der Waals surface area contributed by atoms with Gasteiger partial charge in [0.15, 0.2) is 0 Å². The van der Waals surface area contributed by atoms with Gasteiger partial charge in [-0.15, -0.1) is 0 Å². The van der Waals surface area contributed by atoms with Gasteiger partial charge in [-0.25, -0.2) is 0 Å². The van der Waals surface area contributed by atoms with Crippen molar-refractivity contribution in [2.45, 2.75) is 123 Å². The molecule has 7 aromatic rings. The number of aryl methyl sites for hydroxylation is 1. The molecular weight excluding hydrogens is 739 g/mol. The highest BCUT2D eigenvalue weighted by atomic mass is 16.3. The second-order valence-corrected chi connectivity index (χ2v) is 22.6. The minimum Gasteiger partial charge on any atom is -0.468 e. The zero-order chi connectivity index (χ0) is 42.5. The standard InChI is InChI=1S/C57H57BN2O/c1-32-26-45-49-51-47(32)57(12)39-21-15-13-18-36(39)37-20-17-22-43(48(37)57)60(51)44-31-41-40(55(8,9)24-25-56(41,10)11)30-42(44)58(49)52-50(38-19-14-16-23-46(38)61-52)59(45)35-28-33(53(2,3)4)27-34(29-35)54(5,6)7/h13-23,26-31H,24-25H2,1-12H3. The summed E-state index contributed by atoms with van der Waals surface area (Å²) in [6.07, 6.45) is 2.33. The molecular formula is C57H57BN2O.